The van der Waals surface area contributed by atoms with E-state index in [9.17, 15) is 0 Å². The smallest absolute Gasteiger partial charge is 0.373 e. The van der Waals surface area contributed by atoms with E-state index in [-0.39, 0.29) is 0 Å². The summed E-state index contributed by atoms with van der Waals surface area (Å²) < 4.78 is 16.7. The summed E-state index contributed by atoms with van der Waals surface area (Å²) in [5.41, 5.74) is 1.46. The maximum atomic E-state index is 5.57. The Balaban J connectivity index is 1.87. The van der Waals surface area contributed by atoms with Gasteiger partial charge in [0, 0.05) is 26.5 Å². The van der Waals surface area contributed by atoms with Crippen molar-refractivity contribution in [2.75, 3.05) is 21.3 Å². The van der Waals surface area contributed by atoms with Gasteiger partial charge in [-0.3, -0.25) is 0 Å². The van der Waals surface area contributed by atoms with E-state index in [2.05, 4.69) is 31.2 Å². The molecule has 2 rings (SSSR count). The standard InChI is InChI=1S/C21H36O3Si/c1-5-6-7-8-9-18-10-12-19(13-11-18)20-14-16-21(17-15-20)25(22-2,23-3)24-4/h14-19H,5-13H2,1-4H3. The molecule has 1 saturated carbocycles. The topological polar surface area (TPSA) is 27.7 Å². The summed E-state index contributed by atoms with van der Waals surface area (Å²) in [5, 5.41) is 1.04. The van der Waals surface area contributed by atoms with E-state index >= 15 is 0 Å². The lowest BCUT2D eigenvalue weighted by atomic mass is 9.77. The van der Waals surface area contributed by atoms with Crippen LogP contribution in [0.1, 0.15) is 76.2 Å². The van der Waals surface area contributed by atoms with Crippen LogP contribution in [0.15, 0.2) is 24.3 Å². The third kappa shape index (κ3) is 5.39. The largest absolute Gasteiger partial charge is 0.536 e. The average molecular weight is 365 g/mol. The second-order valence-corrected chi connectivity index (χ2v) is 10.3. The van der Waals surface area contributed by atoms with Crippen molar-refractivity contribution in [1.29, 1.82) is 0 Å². The van der Waals surface area contributed by atoms with Gasteiger partial charge in [0.15, 0.2) is 0 Å². The van der Waals surface area contributed by atoms with Gasteiger partial charge in [0.05, 0.1) is 0 Å². The molecule has 1 aliphatic carbocycles. The van der Waals surface area contributed by atoms with Gasteiger partial charge in [0.25, 0.3) is 0 Å². The molecule has 0 radical (unpaired) electrons. The lowest BCUT2D eigenvalue weighted by Gasteiger charge is -2.29. The summed E-state index contributed by atoms with van der Waals surface area (Å²) in [6.07, 6.45) is 12.5. The van der Waals surface area contributed by atoms with E-state index in [1.165, 1.54) is 63.4 Å². The second-order valence-electron chi connectivity index (χ2n) is 7.36. The van der Waals surface area contributed by atoms with Crippen LogP contribution in [0.3, 0.4) is 0 Å². The molecule has 0 atom stereocenters. The SMILES string of the molecule is CCCCCCC1CCC(c2ccc([Si](OC)(OC)OC)cc2)CC1. The first kappa shape index (κ1) is 20.6. The van der Waals surface area contributed by atoms with Gasteiger partial charge in [-0.05, 0) is 43.1 Å². The summed E-state index contributed by atoms with van der Waals surface area (Å²) in [6.45, 7) is 2.29. The first-order valence-corrected chi connectivity index (χ1v) is 11.7. The Morgan fingerprint density at radius 1 is 0.840 bits per heavy atom. The lowest BCUT2D eigenvalue weighted by Crippen LogP contribution is -2.54. The number of benzene rings is 1. The summed E-state index contributed by atoms with van der Waals surface area (Å²) in [6, 6.07) is 8.77. The molecule has 1 aromatic carbocycles. The molecule has 1 fully saturated rings. The van der Waals surface area contributed by atoms with Crippen LogP contribution in [0.4, 0.5) is 0 Å². The zero-order valence-corrected chi connectivity index (χ0v) is 17.6. The molecule has 0 unspecified atom stereocenters. The molecule has 142 valence electrons. The van der Waals surface area contributed by atoms with Crippen molar-refractivity contribution in [3.63, 3.8) is 0 Å². The Bertz CT molecular complexity index is 468. The van der Waals surface area contributed by atoms with E-state index in [1.807, 2.05) is 0 Å². The van der Waals surface area contributed by atoms with Crippen LogP contribution < -0.4 is 5.19 Å². The van der Waals surface area contributed by atoms with Crippen LogP contribution in [0.5, 0.6) is 0 Å². The highest BCUT2D eigenvalue weighted by Crippen LogP contribution is 2.37. The van der Waals surface area contributed by atoms with Crippen LogP contribution in [-0.4, -0.2) is 30.1 Å². The minimum Gasteiger partial charge on any atom is -0.373 e. The first-order valence-electron chi connectivity index (χ1n) is 9.95. The van der Waals surface area contributed by atoms with Crippen LogP contribution in [0, 0.1) is 5.92 Å². The average Bonchev–Trinajstić information content (AvgIpc) is 2.68. The molecule has 1 aromatic rings. The number of unbranched alkanes of at least 4 members (excludes halogenated alkanes) is 3. The van der Waals surface area contributed by atoms with Crippen molar-refractivity contribution >= 4 is 14.0 Å². The Hall–Kier alpha value is -0.683. The van der Waals surface area contributed by atoms with Gasteiger partial charge in [-0.2, -0.15) is 0 Å². The highest BCUT2D eigenvalue weighted by atomic mass is 28.4. The Morgan fingerprint density at radius 2 is 1.44 bits per heavy atom. The minimum atomic E-state index is -2.70. The van der Waals surface area contributed by atoms with Gasteiger partial charge < -0.3 is 13.3 Å². The zero-order chi connectivity index (χ0) is 18.1. The fourth-order valence-corrected chi connectivity index (χ4v) is 5.99. The molecule has 0 aliphatic heterocycles. The van der Waals surface area contributed by atoms with Crippen molar-refractivity contribution in [3.05, 3.63) is 29.8 Å². The molecule has 4 heteroatoms. The monoisotopic (exact) mass is 364 g/mol. The molecular formula is C21H36O3Si. The molecule has 25 heavy (non-hydrogen) atoms. The quantitative estimate of drug-likeness (QED) is 0.431. The van der Waals surface area contributed by atoms with Crippen LogP contribution in [0.25, 0.3) is 0 Å². The summed E-state index contributed by atoms with van der Waals surface area (Å²) in [5.74, 6) is 1.67. The Kier molecular flexibility index (Phi) is 8.63. The molecule has 0 amide bonds. The molecule has 1 aliphatic rings. The zero-order valence-electron chi connectivity index (χ0n) is 16.6. The molecule has 0 saturated heterocycles. The molecule has 3 nitrogen and oxygen atoms in total. The van der Waals surface area contributed by atoms with Gasteiger partial charge >= 0.3 is 8.80 Å². The maximum Gasteiger partial charge on any atom is 0.536 e. The fraction of sp³-hybridized carbons (Fsp3) is 0.714. The van der Waals surface area contributed by atoms with Crippen LogP contribution in [-0.2, 0) is 13.3 Å². The molecule has 0 bridgehead atoms. The van der Waals surface area contributed by atoms with Crippen molar-refractivity contribution in [2.45, 2.75) is 70.6 Å². The molecule has 0 aromatic heterocycles. The highest BCUT2D eigenvalue weighted by Gasteiger charge is 2.40. The Morgan fingerprint density at radius 3 is 1.96 bits per heavy atom. The first-order chi connectivity index (χ1) is 12.2. The van der Waals surface area contributed by atoms with Crippen LogP contribution >= 0.6 is 0 Å². The van der Waals surface area contributed by atoms with Gasteiger partial charge in [-0.1, -0.05) is 63.3 Å². The fourth-order valence-electron chi connectivity index (χ4n) is 4.21. The minimum absolute atomic E-state index is 0.713. The van der Waals surface area contributed by atoms with Crippen molar-refractivity contribution in [2.24, 2.45) is 5.92 Å². The third-order valence-corrected chi connectivity index (χ3v) is 8.51. The van der Waals surface area contributed by atoms with E-state index in [1.54, 1.807) is 21.3 Å². The van der Waals surface area contributed by atoms with E-state index in [0.29, 0.717) is 5.92 Å². The molecular weight excluding hydrogens is 328 g/mol. The van der Waals surface area contributed by atoms with Crippen molar-refractivity contribution in [1.82, 2.24) is 0 Å². The lowest BCUT2D eigenvalue weighted by molar-refractivity contribution is 0.140. The molecule has 0 heterocycles. The second kappa shape index (κ2) is 10.5. The van der Waals surface area contributed by atoms with Gasteiger partial charge in [0.2, 0.25) is 0 Å². The highest BCUT2D eigenvalue weighted by molar-refractivity contribution is 6.75. The van der Waals surface area contributed by atoms with E-state index < -0.39 is 8.80 Å². The number of hydrogen-bond donors (Lipinski definition) is 0. The predicted octanol–water partition coefficient (Wildman–Crippen LogP) is 5.02. The summed E-state index contributed by atoms with van der Waals surface area (Å²) in [7, 11) is 2.29. The summed E-state index contributed by atoms with van der Waals surface area (Å²) in [4.78, 5) is 0. The Labute approximate surface area is 155 Å². The number of hydrogen-bond acceptors (Lipinski definition) is 3. The third-order valence-electron chi connectivity index (χ3n) is 5.85. The van der Waals surface area contributed by atoms with Crippen LogP contribution in [0.2, 0.25) is 0 Å². The molecule has 0 N–H and O–H groups in total. The van der Waals surface area contributed by atoms with Gasteiger partial charge in [-0.15, -0.1) is 0 Å². The van der Waals surface area contributed by atoms with Gasteiger partial charge in [-0.25, -0.2) is 0 Å². The number of rotatable bonds is 10. The van der Waals surface area contributed by atoms with E-state index in [0.717, 1.165) is 11.1 Å². The predicted molar refractivity (Wildman–Crippen MR) is 106 cm³/mol. The summed E-state index contributed by atoms with van der Waals surface area (Å²) >= 11 is 0. The molecule has 0 spiro atoms. The van der Waals surface area contributed by atoms with Crippen molar-refractivity contribution < 1.29 is 13.3 Å². The maximum absolute atomic E-state index is 5.57. The normalized spacial score (nSPS) is 21.4. The van der Waals surface area contributed by atoms with Gasteiger partial charge in [0.1, 0.15) is 0 Å². The van der Waals surface area contributed by atoms with Crippen molar-refractivity contribution in [3.8, 4) is 0 Å². The van der Waals surface area contributed by atoms with E-state index in [4.69, 9.17) is 13.3 Å².